The molecule has 1 heterocycles. The van der Waals surface area contributed by atoms with Gasteiger partial charge in [-0.15, -0.1) is 0 Å². The van der Waals surface area contributed by atoms with Crippen LogP contribution in [0.25, 0.3) is 0 Å². The molecule has 1 unspecified atom stereocenters. The second-order valence-electron chi connectivity index (χ2n) is 8.65. The summed E-state index contributed by atoms with van der Waals surface area (Å²) >= 11 is 0. The van der Waals surface area contributed by atoms with Crippen LogP contribution < -0.4 is 4.90 Å². The van der Waals surface area contributed by atoms with Gasteiger partial charge in [0.1, 0.15) is 0 Å². The van der Waals surface area contributed by atoms with Gasteiger partial charge in [0.05, 0.1) is 18.2 Å². The Morgan fingerprint density at radius 2 is 1.87 bits per heavy atom. The maximum Gasteiger partial charge on any atom is 0.338 e. The number of hydrogen-bond acceptors (Lipinski definition) is 3. The zero-order valence-electron chi connectivity index (χ0n) is 18.5. The van der Waals surface area contributed by atoms with Gasteiger partial charge in [-0.1, -0.05) is 50.0 Å². The van der Waals surface area contributed by atoms with Gasteiger partial charge in [0.25, 0.3) is 0 Å². The van der Waals surface area contributed by atoms with Gasteiger partial charge in [0.15, 0.2) is 0 Å². The molecule has 31 heavy (non-hydrogen) atoms. The van der Waals surface area contributed by atoms with Crippen LogP contribution in [-0.2, 0) is 10.2 Å². The SMILES string of the molecule is CCOC(=O)c1ccc(C#Cc2ccc3c(c2)N(C2C=CCCC2)C=CC3(C)C)cc1. The maximum atomic E-state index is 11.8. The first-order valence-electron chi connectivity index (χ1n) is 11.1. The number of esters is 1. The van der Waals surface area contributed by atoms with Crippen LogP contribution in [0.2, 0.25) is 0 Å². The van der Waals surface area contributed by atoms with Crippen molar-refractivity contribution in [2.24, 2.45) is 0 Å². The molecule has 1 aliphatic carbocycles. The van der Waals surface area contributed by atoms with E-state index < -0.39 is 0 Å². The van der Waals surface area contributed by atoms with Crippen molar-refractivity contribution in [3.63, 3.8) is 0 Å². The molecule has 4 rings (SSSR count). The smallest absolute Gasteiger partial charge is 0.338 e. The molecule has 3 heteroatoms. The van der Waals surface area contributed by atoms with E-state index in [9.17, 15) is 4.79 Å². The normalized spacial score (nSPS) is 18.7. The Morgan fingerprint density at radius 1 is 1.13 bits per heavy atom. The Balaban J connectivity index is 1.61. The van der Waals surface area contributed by atoms with Crippen molar-refractivity contribution in [3.05, 3.63) is 89.1 Å². The van der Waals surface area contributed by atoms with Crippen molar-refractivity contribution in [3.8, 4) is 11.8 Å². The minimum Gasteiger partial charge on any atom is -0.462 e. The zero-order chi connectivity index (χ0) is 21.8. The van der Waals surface area contributed by atoms with Crippen LogP contribution in [0.1, 0.15) is 67.1 Å². The number of carbonyl (C=O) groups is 1. The van der Waals surface area contributed by atoms with Gasteiger partial charge in [0, 0.05) is 28.4 Å². The first-order chi connectivity index (χ1) is 15.0. The van der Waals surface area contributed by atoms with Gasteiger partial charge in [-0.3, -0.25) is 0 Å². The molecule has 1 aliphatic heterocycles. The van der Waals surface area contributed by atoms with Crippen LogP contribution in [0.5, 0.6) is 0 Å². The van der Waals surface area contributed by atoms with Crippen LogP contribution in [0.15, 0.2) is 66.9 Å². The molecule has 0 spiro atoms. The number of anilines is 1. The van der Waals surface area contributed by atoms with E-state index in [2.05, 4.69) is 73.2 Å². The molecule has 0 aromatic heterocycles. The highest BCUT2D eigenvalue weighted by atomic mass is 16.5. The van der Waals surface area contributed by atoms with Crippen molar-refractivity contribution in [1.29, 1.82) is 0 Å². The average molecular weight is 412 g/mol. The lowest BCUT2D eigenvalue weighted by Gasteiger charge is -2.39. The quantitative estimate of drug-likeness (QED) is 0.353. The second-order valence-corrected chi connectivity index (χ2v) is 8.65. The van der Waals surface area contributed by atoms with Gasteiger partial charge in [-0.2, -0.15) is 0 Å². The predicted molar refractivity (Wildman–Crippen MR) is 126 cm³/mol. The number of ether oxygens (including phenoxy) is 1. The highest BCUT2D eigenvalue weighted by Gasteiger charge is 2.30. The number of hydrogen-bond donors (Lipinski definition) is 0. The van der Waals surface area contributed by atoms with Gasteiger partial charge in [-0.25, -0.2) is 4.79 Å². The number of nitrogens with zero attached hydrogens (tertiary/aromatic N) is 1. The second kappa shape index (κ2) is 8.86. The largest absolute Gasteiger partial charge is 0.462 e. The molecule has 0 fully saturated rings. The fourth-order valence-corrected chi connectivity index (χ4v) is 4.17. The van der Waals surface area contributed by atoms with Crippen molar-refractivity contribution in [2.45, 2.75) is 51.5 Å². The van der Waals surface area contributed by atoms with E-state index in [0.29, 0.717) is 18.2 Å². The molecule has 0 radical (unpaired) electrons. The average Bonchev–Trinajstić information content (AvgIpc) is 2.79. The third-order valence-electron chi connectivity index (χ3n) is 5.96. The molecule has 0 saturated carbocycles. The van der Waals surface area contributed by atoms with E-state index in [-0.39, 0.29) is 11.4 Å². The Hall–Kier alpha value is -3.25. The summed E-state index contributed by atoms with van der Waals surface area (Å²) in [7, 11) is 0. The molecule has 0 N–H and O–H groups in total. The van der Waals surface area contributed by atoms with Crippen molar-refractivity contribution >= 4 is 11.7 Å². The van der Waals surface area contributed by atoms with Crippen molar-refractivity contribution in [2.75, 3.05) is 11.5 Å². The summed E-state index contributed by atoms with van der Waals surface area (Å²) in [6, 6.07) is 14.2. The molecule has 2 aliphatic rings. The van der Waals surface area contributed by atoms with E-state index >= 15 is 0 Å². The Labute approximate surface area is 185 Å². The molecule has 3 nitrogen and oxygen atoms in total. The van der Waals surface area contributed by atoms with E-state index in [4.69, 9.17) is 4.74 Å². The lowest BCUT2D eigenvalue weighted by atomic mass is 9.80. The number of allylic oxidation sites excluding steroid dienone is 2. The number of fused-ring (bicyclic) bond motifs is 1. The summed E-state index contributed by atoms with van der Waals surface area (Å²) in [4.78, 5) is 14.2. The fourth-order valence-electron chi connectivity index (χ4n) is 4.17. The third kappa shape index (κ3) is 4.59. The monoisotopic (exact) mass is 411 g/mol. The van der Waals surface area contributed by atoms with Crippen LogP contribution >= 0.6 is 0 Å². The lowest BCUT2D eigenvalue weighted by Crippen LogP contribution is -2.35. The number of rotatable bonds is 3. The van der Waals surface area contributed by atoms with E-state index in [1.165, 1.54) is 30.5 Å². The van der Waals surface area contributed by atoms with E-state index in [0.717, 1.165) is 11.1 Å². The van der Waals surface area contributed by atoms with Crippen LogP contribution in [0.4, 0.5) is 5.69 Å². The summed E-state index contributed by atoms with van der Waals surface area (Å²) in [6.45, 7) is 6.69. The Morgan fingerprint density at radius 3 is 2.58 bits per heavy atom. The lowest BCUT2D eigenvalue weighted by molar-refractivity contribution is 0.0526. The summed E-state index contributed by atoms with van der Waals surface area (Å²) in [5.74, 6) is 6.23. The first kappa shape index (κ1) is 21.0. The summed E-state index contributed by atoms with van der Waals surface area (Å²) in [5.41, 5.74) is 4.99. The van der Waals surface area contributed by atoms with Gasteiger partial charge in [0.2, 0.25) is 0 Å². The van der Waals surface area contributed by atoms with Gasteiger partial charge < -0.3 is 9.64 Å². The fraction of sp³-hybridized carbons (Fsp3) is 0.321. The molecule has 2 aromatic carbocycles. The molecule has 1 atom stereocenters. The topological polar surface area (TPSA) is 29.5 Å². The summed E-state index contributed by atoms with van der Waals surface area (Å²) < 4.78 is 5.04. The minimum absolute atomic E-state index is 0.000891. The predicted octanol–water partition coefficient (Wildman–Crippen LogP) is 5.98. The molecule has 0 amide bonds. The summed E-state index contributed by atoms with van der Waals surface area (Å²) in [6.07, 6.45) is 12.7. The van der Waals surface area contributed by atoms with Crippen LogP contribution in [-0.4, -0.2) is 18.6 Å². The zero-order valence-corrected chi connectivity index (χ0v) is 18.5. The third-order valence-corrected chi connectivity index (χ3v) is 5.96. The molecule has 2 aromatic rings. The Bertz CT molecular complexity index is 1080. The van der Waals surface area contributed by atoms with Crippen molar-refractivity contribution in [1.82, 2.24) is 0 Å². The molecular formula is C28H29NO2. The number of benzene rings is 2. The first-order valence-corrected chi connectivity index (χ1v) is 11.1. The molecule has 0 saturated heterocycles. The molecular weight excluding hydrogens is 382 g/mol. The highest BCUT2D eigenvalue weighted by Crippen LogP contribution is 2.40. The summed E-state index contributed by atoms with van der Waals surface area (Å²) in [5, 5.41) is 0. The highest BCUT2D eigenvalue weighted by molar-refractivity contribution is 5.89. The minimum atomic E-state index is -0.302. The standard InChI is InChI=1S/C28H29NO2/c1-4-31-27(30)23-15-12-21(13-16-23)10-11-22-14-17-25-26(20-22)29(19-18-28(25,2)3)24-8-6-5-7-9-24/h6,8,12-20,24H,4-5,7,9H2,1-3H3. The van der Waals surface area contributed by atoms with Crippen molar-refractivity contribution < 1.29 is 9.53 Å². The van der Waals surface area contributed by atoms with Crippen LogP contribution in [0, 0.1) is 11.8 Å². The van der Waals surface area contributed by atoms with Crippen LogP contribution in [0.3, 0.4) is 0 Å². The maximum absolute atomic E-state index is 11.8. The molecule has 158 valence electrons. The van der Waals surface area contributed by atoms with Gasteiger partial charge >= 0.3 is 5.97 Å². The molecule has 0 bridgehead atoms. The number of carbonyl (C=O) groups excluding carboxylic acids is 1. The van der Waals surface area contributed by atoms with Gasteiger partial charge in [-0.05, 0) is 68.1 Å². The van der Waals surface area contributed by atoms with E-state index in [1.807, 2.05) is 12.1 Å². The Kier molecular flexibility index (Phi) is 6.00. The van der Waals surface area contributed by atoms with E-state index in [1.54, 1.807) is 19.1 Å².